The zero-order valence-electron chi connectivity index (χ0n) is 16.2. The molecule has 30 heavy (non-hydrogen) atoms. The van der Waals surface area contributed by atoms with Gasteiger partial charge in [-0.25, -0.2) is 4.98 Å². The van der Waals surface area contributed by atoms with Crippen LogP contribution in [0.4, 0.5) is 5.82 Å². The van der Waals surface area contributed by atoms with Crippen molar-refractivity contribution in [2.24, 2.45) is 0 Å². The van der Waals surface area contributed by atoms with Crippen molar-refractivity contribution in [3.8, 4) is 28.7 Å². The average molecular weight is 405 g/mol. The van der Waals surface area contributed by atoms with E-state index in [0.717, 1.165) is 5.56 Å². The number of carbonyl (C=O) groups excluding carboxylic acids is 1. The molecule has 0 aliphatic heterocycles. The van der Waals surface area contributed by atoms with Crippen LogP contribution in [0.25, 0.3) is 28.7 Å². The fourth-order valence-corrected chi connectivity index (χ4v) is 2.85. The van der Waals surface area contributed by atoms with Crippen LogP contribution in [0.3, 0.4) is 0 Å². The second-order valence-electron chi connectivity index (χ2n) is 6.31. The summed E-state index contributed by atoms with van der Waals surface area (Å²) in [5.41, 5.74) is 1.39. The summed E-state index contributed by atoms with van der Waals surface area (Å²) in [5.74, 6) is 0.631. The quantitative estimate of drug-likeness (QED) is 0.489. The van der Waals surface area contributed by atoms with Crippen LogP contribution in [0, 0.1) is 0 Å². The van der Waals surface area contributed by atoms with Crippen LogP contribution in [-0.4, -0.2) is 38.9 Å². The van der Waals surface area contributed by atoms with Crippen molar-refractivity contribution < 1.29 is 13.9 Å². The lowest BCUT2D eigenvalue weighted by molar-refractivity contribution is -0.120. The maximum Gasteiger partial charge on any atom is 0.252 e. The van der Waals surface area contributed by atoms with Gasteiger partial charge in [-0.15, -0.1) is 0 Å². The highest BCUT2D eigenvalue weighted by Crippen LogP contribution is 2.24. The molecule has 0 aliphatic rings. The van der Waals surface area contributed by atoms with Crippen LogP contribution in [0.2, 0.25) is 0 Å². The maximum atomic E-state index is 12.3. The first kappa shape index (κ1) is 19.3. The molecule has 1 aromatic carbocycles. The standard InChI is InChI=1S/C21H19N5O4/c1-2-29-13-20(28)23-18-11-16(17-9-6-10-30-17)25-26(18)21-22-15(12-19(27)24-21)14-7-4-3-5-8-14/h3-12H,2,13H2,1H3,(H,23,28)(H,22,24,27). The first-order valence-electron chi connectivity index (χ1n) is 9.32. The summed E-state index contributed by atoms with van der Waals surface area (Å²) in [6.45, 7) is 2.11. The Hall–Kier alpha value is -3.98. The molecule has 0 unspecified atom stereocenters. The highest BCUT2D eigenvalue weighted by molar-refractivity contribution is 5.91. The van der Waals surface area contributed by atoms with Crippen molar-refractivity contribution >= 4 is 11.7 Å². The number of aromatic nitrogens is 4. The van der Waals surface area contributed by atoms with E-state index in [1.165, 1.54) is 17.0 Å². The second kappa shape index (κ2) is 8.58. The highest BCUT2D eigenvalue weighted by atomic mass is 16.5. The molecule has 9 heteroatoms. The summed E-state index contributed by atoms with van der Waals surface area (Å²) in [7, 11) is 0. The van der Waals surface area contributed by atoms with Crippen LogP contribution in [0.1, 0.15) is 6.92 Å². The van der Waals surface area contributed by atoms with Gasteiger partial charge in [0.2, 0.25) is 5.95 Å². The Kier molecular flexibility index (Phi) is 5.53. The van der Waals surface area contributed by atoms with E-state index in [-0.39, 0.29) is 24.0 Å². The number of carbonyl (C=O) groups is 1. The average Bonchev–Trinajstić information content (AvgIpc) is 3.42. The lowest BCUT2D eigenvalue weighted by atomic mass is 10.1. The van der Waals surface area contributed by atoms with Crippen LogP contribution in [0.5, 0.6) is 0 Å². The molecule has 152 valence electrons. The molecule has 0 bridgehead atoms. The van der Waals surface area contributed by atoms with Crippen molar-refractivity contribution in [2.45, 2.75) is 6.92 Å². The monoisotopic (exact) mass is 405 g/mol. The minimum absolute atomic E-state index is 0.105. The van der Waals surface area contributed by atoms with Gasteiger partial charge in [0.25, 0.3) is 11.5 Å². The fraction of sp³-hybridized carbons (Fsp3) is 0.143. The molecule has 4 rings (SSSR count). The SMILES string of the molecule is CCOCC(=O)Nc1cc(-c2ccco2)nn1-c1nc(-c2ccccc2)cc(=O)[nH]1. The van der Waals surface area contributed by atoms with Crippen molar-refractivity contribution in [2.75, 3.05) is 18.5 Å². The third-order valence-corrected chi connectivity index (χ3v) is 4.19. The van der Waals surface area contributed by atoms with E-state index in [2.05, 4.69) is 20.4 Å². The van der Waals surface area contributed by atoms with E-state index in [1.54, 1.807) is 25.1 Å². The van der Waals surface area contributed by atoms with E-state index in [9.17, 15) is 9.59 Å². The molecule has 0 fully saturated rings. The summed E-state index contributed by atoms with van der Waals surface area (Å²) in [4.78, 5) is 31.7. The molecule has 0 atom stereocenters. The zero-order chi connectivity index (χ0) is 20.9. The maximum absolute atomic E-state index is 12.3. The Bertz CT molecular complexity index is 1200. The van der Waals surface area contributed by atoms with Crippen molar-refractivity contribution in [1.82, 2.24) is 19.7 Å². The molecular formula is C21H19N5O4. The fourth-order valence-electron chi connectivity index (χ4n) is 2.85. The molecular weight excluding hydrogens is 386 g/mol. The van der Waals surface area contributed by atoms with Crippen molar-refractivity contribution in [1.29, 1.82) is 0 Å². The van der Waals surface area contributed by atoms with Gasteiger partial charge in [-0.2, -0.15) is 9.78 Å². The largest absolute Gasteiger partial charge is 0.463 e. The normalized spacial score (nSPS) is 10.8. The van der Waals surface area contributed by atoms with Gasteiger partial charge in [-0.3, -0.25) is 14.6 Å². The summed E-state index contributed by atoms with van der Waals surface area (Å²) in [6, 6.07) is 15.8. The van der Waals surface area contributed by atoms with E-state index >= 15 is 0 Å². The van der Waals surface area contributed by atoms with Gasteiger partial charge in [0, 0.05) is 24.3 Å². The lowest BCUT2D eigenvalue weighted by Crippen LogP contribution is -2.21. The van der Waals surface area contributed by atoms with Crippen LogP contribution < -0.4 is 10.9 Å². The van der Waals surface area contributed by atoms with Gasteiger partial charge in [-0.05, 0) is 19.1 Å². The van der Waals surface area contributed by atoms with E-state index in [0.29, 0.717) is 29.6 Å². The Morgan fingerprint density at radius 3 is 2.73 bits per heavy atom. The van der Waals surface area contributed by atoms with Crippen LogP contribution >= 0.6 is 0 Å². The number of nitrogens with zero attached hydrogens (tertiary/aromatic N) is 3. The third-order valence-electron chi connectivity index (χ3n) is 4.19. The first-order chi connectivity index (χ1) is 14.6. The number of ether oxygens (including phenoxy) is 1. The number of aromatic amines is 1. The Balaban J connectivity index is 1.78. The Morgan fingerprint density at radius 2 is 2.00 bits per heavy atom. The smallest absolute Gasteiger partial charge is 0.252 e. The number of benzene rings is 1. The minimum Gasteiger partial charge on any atom is -0.463 e. The van der Waals surface area contributed by atoms with Gasteiger partial charge in [0.05, 0.1) is 12.0 Å². The van der Waals surface area contributed by atoms with Gasteiger partial charge < -0.3 is 14.5 Å². The number of anilines is 1. The Morgan fingerprint density at radius 1 is 1.17 bits per heavy atom. The number of nitrogens with one attached hydrogen (secondary N) is 2. The van der Waals surface area contributed by atoms with Crippen LogP contribution in [-0.2, 0) is 9.53 Å². The first-order valence-corrected chi connectivity index (χ1v) is 9.32. The van der Waals surface area contributed by atoms with E-state index in [1.807, 2.05) is 30.3 Å². The van der Waals surface area contributed by atoms with Crippen molar-refractivity contribution in [3.05, 3.63) is 71.2 Å². The van der Waals surface area contributed by atoms with Gasteiger partial charge >= 0.3 is 0 Å². The predicted octanol–water partition coefficient (Wildman–Crippen LogP) is 2.86. The molecule has 0 saturated carbocycles. The number of rotatable bonds is 7. The molecule has 0 spiro atoms. The summed E-state index contributed by atoms with van der Waals surface area (Å²) >= 11 is 0. The molecule has 1 amide bonds. The number of hydrogen-bond acceptors (Lipinski definition) is 6. The molecule has 2 N–H and O–H groups in total. The van der Waals surface area contributed by atoms with Gasteiger partial charge in [0.1, 0.15) is 18.1 Å². The summed E-state index contributed by atoms with van der Waals surface area (Å²) < 4.78 is 11.9. The van der Waals surface area contributed by atoms with Gasteiger partial charge in [-0.1, -0.05) is 30.3 Å². The molecule has 0 aliphatic carbocycles. The molecule has 3 aromatic heterocycles. The van der Waals surface area contributed by atoms with Crippen LogP contribution in [0.15, 0.2) is 70.1 Å². The zero-order valence-corrected chi connectivity index (χ0v) is 16.2. The predicted molar refractivity (Wildman–Crippen MR) is 110 cm³/mol. The molecule has 0 saturated heterocycles. The third kappa shape index (κ3) is 4.20. The second-order valence-corrected chi connectivity index (χ2v) is 6.31. The number of H-pyrrole nitrogens is 1. The minimum atomic E-state index is -0.356. The molecule has 9 nitrogen and oxygen atoms in total. The molecule has 3 heterocycles. The number of furan rings is 1. The van der Waals surface area contributed by atoms with E-state index in [4.69, 9.17) is 9.15 Å². The molecule has 4 aromatic rings. The highest BCUT2D eigenvalue weighted by Gasteiger charge is 2.17. The van der Waals surface area contributed by atoms with Crippen molar-refractivity contribution in [3.63, 3.8) is 0 Å². The molecule has 0 radical (unpaired) electrons. The number of amides is 1. The number of hydrogen-bond donors (Lipinski definition) is 2. The lowest BCUT2D eigenvalue weighted by Gasteiger charge is -2.09. The van der Waals surface area contributed by atoms with Gasteiger partial charge in [0.15, 0.2) is 5.76 Å². The Labute approximate surface area is 171 Å². The summed E-state index contributed by atoms with van der Waals surface area (Å²) in [5, 5.41) is 7.20. The summed E-state index contributed by atoms with van der Waals surface area (Å²) in [6.07, 6.45) is 1.53. The topological polar surface area (TPSA) is 115 Å². The van der Waals surface area contributed by atoms with E-state index < -0.39 is 0 Å².